The number of nitrogens with zero attached hydrogens (tertiary/aromatic N) is 2. The molecule has 0 atom stereocenters. The first-order valence-corrected chi connectivity index (χ1v) is 9.73. The summed E-state index contributed by atoms with van der Waals surface area (Å²) in [5.41, 5.74) is 0.859. The van der Waals surface area contributed by atoms with E-state index >= 15 is 0 Å². The second kappa shape index (κ2) is 12.8. The average Bonchev–Trinajstić information content (AvgIpc) is 2.67. The zero-order valence-corrected chi connectivity index (χ0v) is 19.0. The van der Waals surface area contributed by atoms with Crippen molar-refractivity contribution < 1.29 is 9.53 Å². The summed E-state index contributed by atoms with van der Waals surface area (Å²) in [6, 6.07) is 7.69. The molecule has 1 aromatic carbocycles. The fraction of sp³-hybridized carbons (Fsp3) is 0.600. The minimum absolute atomic E-state index is 0. The second-order valence-electron chi connectivity index (χ2n) is 6.48. The lowest BCUT2D eigenvalue weighted by atomic mass is 10.0. The number of ether oxygens (including phenoxy) is 1. The molecule has 0 saturated heterocycles. The van der Waals surface area contributed by atoms with E-state index in [0.717, 1.165) is 56.3 Å². The molecule has 2 N–H and O–H groups in total. The van der Waals surface area contributed by atoms with E-state index in [1.165, 1.54) is 0 Å². The number of carbonyl (C=O) groups is 1. The second-order valence-corrected chi connectivity index (χ2v) is 6.48. The minimum atomic E-state index is 0. The summed E-state index contributed by atoms with van der Waals surface area (Å²) >= 11 is 0. The number of fused-ring (bicyclic) bond motifs is 1. The largest absolute Gasteiger partial charge is 0.482 e. The first kappa shape index (κ1) is 23.5. The van der Waals surface area contributed by atoms with Gasteiger partial charge in [0.05, 0.1) is 5.69 Å². The predicted octanol–water partition coefficient (Wildman–Crippen LogP) is 3.41. The fourth-order valence-electron chi connectivity index (χ4n) is 2.95. The van der Waals surface area contributed by atoms with E-state index in [2.05, 4.69) is 36.4 Å². The Balaban J connectivity index is 0.00000364. The highest BCUT2D eigenvalue weighted by atomic mass is 127. The van der Waals surface area contributed by atoms with Crippen LogP contribution in [0.5, 0.6) is 5.75 Å². The third kappa shape index (κ3) is 7.20. The lowest BCUT2D eigenvalue weighted by Gasteiger charge is -2.29. The van der Waals surface area contributed by atoms with Crippen LogP contribution in [0.4, 0.5) is 5.69 Å². The standard InChI is InChI=1S/C20H32N4O2.HI/c1-4-16(5-2)14-23-20(21-6-3)22-12-9-13-24-17-10-7-8-11-18(17)26-15-19(24)25;/h7-8,10-11,16H,4-6,9,12-15H2,1-3H3,(H2,21,22,23);1H. The molecule has 7 heteroatoms. The molecule has 0 radical (unpaired) electrons. The Bertz CT molecular complexity index is 605. The van der Waals surface area contributed by atoms with Crippen LogP contribution in [0.1, 0.15) is 40.0 Å². The molecule has 27 heavy (non-hydrogen) atoms. The fourth-order valence-corrected chi connectivity index (χ4v) is 2.95. The summed E-state index contributed by atoms with van der Waals surface area (Å²) < 4.78 is 5.48. The van der Waals surface area contributed by atoms with Crippen LogP contribution in [0, 0.1) is 5.92 Å². The molecule has 0 spiro atoms. The quantitative estimate of drug-likeness (QED) is 0.242. The van der Waals surface area contributed by atoms with Crippen molar-refractivity contribution in [2.75, 3.05) is 37.7 Å². The van der Waals surface area contributed by atoms with Gasteiger partial charge in [0.25, 0.3) is 5.91 Å². The van der Waals surface area contributed by atoms with E-state index in [-0.39, 0.29) is 36.5 Å². The number of benzene rings is 1. The molecule has 6 nitrogen and oxygen atoms in total. The van der Waals surface area contributed by atoms with Gasteiger partial charge in [-0.05, 0) is 31.4 Å². The van der Waals surface area contributed by atoms with E-state index in [4.69, 9.17) is 4.74 Å². The molecule has 2 rings (SSSR count). The number of hydrogen-bond donors (Lipinski definition) is 2. The molecule has 0 unspecified atom stereocenters. The average molecular weight is 488 g/mol. The van der Waals surface area contributed by atoms with Crippen molar-refractivity contribution in [1.29, 1.82) is 0 Å². The van der Waals surface area contributed by atoms with Gasteiger partial charge >= 0.3 is 0 Å². The number of anilines is 1. The van der Waals surface area contributed by atoms with Crippen molar-refractivity contribution in [2.45, 2.75) is 40.0 Å². The topological polar surface area (TPSA) is 66.0 Å². The zero-order chi connectivity index (χ0) is 18.8. The molecule has 1 aliphatic heterocycles. The van der Waals surface area contributed by atoms with Crippen molar-refractivity contribution in [2.24, 2.45) is 10.9 Å². The van der Waals surface area contributed by atoms with Gasteiger partial charge in [-0.1, -0.05) is 38.8 Å². The molecule has 0 aromatic heterocycles. The number of amides is 1. The van der Waals surface area contributed by atoms with Gasteiger partial charge in [-0.3, -0.25) is 9.79 Å². The number of aliphatic imine (C=N–C) groups is 1. The van der Waals surface area contributed by atoms with Gasteiger partial charge in [0.1, 0.15) is 5.75 Å². The van der Waals surface area contributed by atoms with Crippen molar-refractivity contribution in [3.63, 3.8) is 0 Å². The van der Waals surface area contributed by atoms with E-state index in [1.54, 1.807) is 0 Å². The first-order valence-electron chi connectivity index (χ1n) is 9.73. The van der Waals surface area contributed by atoms with Crippen LogP contribution >= 0.6 is 24.0 Å². The van der Waals surface area contributed by atoms with Gasteiger partial charge in [-0.15, -0.1) is 24.0 Å². The Kier molecular flexibility index (Phi) is 11.2. The molecule has 0 bridgehead atoms. The monoisotopic (exact) mass is 488 g/mol. The minimum Gasteiger partial charge on any atom is -0.482 e. The van der Waals surface area contributed by atoms with Crippen molar-refractivity contribution in [3.8, 4) is 5.75 Å². The van der Waals surface area contributed by atoms with Crippen LogP contribution < -0.4 is 20.3 Å². The predicted molar refractivity (Wildman–Crippen MR) is 122 cm³/mol. The maximum absolute atomic E-state index is 12.2. The molecule has 0 saturated carbocycles. The molecule has 1 heterocycles. The molecule has 0 fully saturated rings. The summed E-state index contributed by atoms with van der Waals surface area (Å²) in [6.07, 6.45) is 3.14. The van der Waals surface area contributed by atoms with Crippen LogP contribution in [0.2, 0.25) is 0 Å². The van der Waals surface area contributed by atoms with Gasteiger partial charge in [0.2, 0.25) is 0 Å². The Morgan fingerprint density at radius 1 is 1.22 bits per heavy atom. The van der Waals surface area contributed by atoms with Gasteiger partial charge in [0, 0.05) is 26.2 Å². The summed E-state index contributed by atoms with van der Waals surface area (Å²) in [6.45, 7) is 9.71. The molecule has 1 aromatic rings. The smallest absolute Gasteiger partial charge is 0.265 e. The zero-order valence-electron chi connectivity index (χ0n) is 16.7. The van der Waals surface area contributed by atoms with Crippen molar-refractivity contribution >= 4 is 41.5 Å². The molecule has 152 valence electrons. The van der Waals surface area contributed by atoms with Gasteiger partial charge in [0.15, 0.2) is 12.6 Å². The molecule has 1 amide bonds. The number of nitrogens with one attached hydrogen (secondary N) is 2. The highest BCUT2D eigenvalue weighted by Gasteiger charge is 2.24. The van der Waals surface area contributed by atoms with Crippen LogP contribution in [0.15, 0.2) is 29.3 Å². The number of guanidine groups is 1. The van der Waals surface area contributed by atoms with Crippen LogP contribution in [-0.2, 0) is 4.79 Å². The highest BCUT2D eigenvalue weighted by Crippen LogP contribution is 2.31. The summed E-state index contributed by atoms with van der Waals surface area (Å²) in [7, 11) is 0. The Labute approximate surface area is 180 Å². The number of halogens is 1. The number of para-hydroxylation sites is 2. The van der Waals surface area contributed by atoms with Gasteiger partial charge in [-0.25, -0.2) is 0 Å². The lowest BCUT2D eigenvalue weighted by Crippen LogP contribution is -2.42. The Morgan fingerprint density at radius 2 is 1.96 bits per heavy atom. The van der Waals surface area contributed by atoms with E-state index in [9.17, 15) is 4.79 Å². The third-order valence-electron chi connectivity index (χ3n) is 4.67. The van der Waals surface area contributed by atoms with Gasteiger partial charge < -0.3 is 20.3 Å². The molecule has 1 aliphatic rings. The SMILES string of the molecule is CCNC(=NCC(CC)CC)NCCCN1C(=O)COc2ccccc21.I. The summed E-state index contributed by atoms with van der Waals surface area (Å²) in [5, 5.41) is 6.66. The lowest BCUT2D eigenvalue weighted by molar-refractivity contribution is -0.121. The third-order valence-corrected chi connectivity index (χ3v) is 4.67. The number of rotatable bonds is 9. The van der Waals surface area contributed by atoms with Crippen molar-refractivity contribution in [1.82, 2.24) is 10.6 Å². The van der Waals surface area contributed by atoms with Crippen molar-refractivity contribution in [3.05, 3.63) is 24.3 Å². The van der Waals surface area contributed by atoms with Gasteiger partial charge in [-0.2, -0.15) is 0 Å². The van der Waals surface area contributed by atoms with E-state index in [0.29, 0.717) is 12.5 Å². The number of hydrogen-bond acceptors (Lipinski definition) is 3. The first-order chi connectivity index (χ1) is 12.7. The molecular weight excluding hydrogens is 455 g/mol. The molecule has 0 aliphatic carbocycles. The van der Waals surface area contributed by atoms with E-state index in [1.807, 2.05) is 29.2 Å². The van der Waals surface area contributed by atoms with E-state index < -0.39 is 0 Å². The van der Waals surface area contributed by atoms with Crippen LogP contribution in [-0.4, -0.2) is 44.7 Å². The Hall–Kier alpha value is -1.51. The normalized spacial score (nSPS) is 13.7. The highest BCUT2D eigenvalue weighted by molar-refractivity contribution is 14.0. The molecular formula is C20H33IN4O2. The number of carbonyl (C=O) groups excluding carboxylic acids is 1. The maximum Gasteiger partial charge on any atom is 0.265 e. The summed E-state index contributed by atoms with van der Waals surface area (Å²) in [4.78, 5) is 18.7. The van der Waals surface area contributed by atoms with Crippen LogP contribution in [0.25, 0.3) is 0 Å². The maximum atomic E-state index is 12.2. The van der Waals surface area contributed by atoms with Crippen LogP contribution in [0.3, 0.4) is 0 Å². The summed E-state index contributed by atoms with van der Waals surface area (Å²) in [5.74, 6) is 2.28. The Morgan fingerprint density at radius 3 is 2.67 bits per heavy atom.